The van der Waals surface area contributed by atoms with Crippen molar-refractivity contribution < 1.29 is 4.79 Å². The van der Waals surface area contributed by atoms with E-state index in [-0.39, 0.29) is 5.91 Å². The SMILES string of the molecule is CN1CCCN(CC(=O)N[C@@H]2CCc3ccccc3C2)CC1. The molecule has 1 atom stereocenters. The first kappa shape index (κ1) is 15.5. The van der Waals surface area contributed by atoms with Crippen LogP contribution in [-0.2, 0) is 17.6 Å². The summed E-state index contributed by atoms with van der Waals surface area (Å²) in [5.41, 5.74) is 2.85. The van der Waals surface area contributed by atoms with Gasteiger partial charge in [0, 0.05) is 19.1 Å². The van der Waals surface area contributed by atoms with E-state index in [2.05, 4.69) is 46.4 Å². The molecule has 1 aromatic carbocycles. The highest BCUT2D eigenvalue weighted by atomic mass is 16.2. The van der Waals surface area contributed by atoms with E-state index in [0.29, 0.717) is 12.6 Å². The molecule has 120 valence electrons. The van der Waals surface area contributed by atoms with E-state index in [4.69, 9.17) is 0 Å². The minimum absolute atomic E-state index is 0.189. The Hall–Kier alpha value is -1.39. The largest absolute Gasteiger partial charge is 0.352 e. The molecule has 1 heterocycles. The van der Waals surface area contributed by atoms with Crippen molar-refractivity contribution in [3.63, 3.8) is 0 Å². The molecule has 0 radical (unpaired) electrons. The number of fused-ring (bicyclic) bond motifs is 1. The van der Waals surface area contributed by atoms with Crippen molar-refractivity contribution in [3.05, 3.63) is 35.4 Å². The maximum absolute atomic E-state index is 12.3. The summed E-state index contributed by atoms with van der Waals surface area (Å²) in [7, 11) is 2.16. The van der Waals surface area contributed by atoms with Gasteiger partial charge in [0.2, 0.25) is 5.91 Å². The first-order chi connectivity index (χ1) is 10.7. The second-order valence-electron chi connectivity index (χ2n) is 6.71. The number of benzene rings is 1. The van der Waals surface area contributed by atoms with E-state index in [9.17, 15) is 4.79 Å². The first-order valence-electron chi connectivity index (χ1n) is 8.48. The van der Waals surface area contributed by atoms with Gasteiger partial charge in [-0.3, -0.25) is 9.69 Å². The molecule has 1 amide bonds. The lowest BCUT2D eigenvalue weighted by Crippen LogP contribution is -2.45. The number of aryl methyl sites for hydroxylation is 1. The highest BCUT2D eigenvalue weighted by Gasteiger charge is 2.21. The number of nitrogens with one attached hydrogen (secondary N) is 1. The lowest BCUT2D eigenvalue weighted by atomic mass is 9.88. The third kappa shape index (κ3) is 4.08. The highest BCUT2D eigenvalue weighted by Crippen LogP contribution is 2.20. The summed E-state index contributed by atoms with van der Waals surface area (Å²) in [5, 5.41) is 3.24. The van der Waals surface area contributed by atoms with Crippen LogP contribution >= 0.6 is 0 Å². The van der Waals surface area contributed by atoms with E-state index < -0.39 is 0 Å². The molecule has 22 heavy (non-hydrogen) atoms. The Balaban J connectivity index is 1.48. The second-order valence-corrected chi connectivity index (χ2v) is 6.71. The van der Waals surface area contributed by atoms with Crippen LogP contribution in [0.1, 0.15) is 24.0 Å². The summed E-state index contributed by atoms with van der Waals surface area (Å²) >= 11 is 0. The third-order valence-electron chi connectivity index (χ3n) is 4.89. The molecule has 1 aromatic rings. The lowest BCUT2D eigenvalue weighted by molar-refractivity contribution is -0.123. The molecule has 0 bridgehead atoms. The fourth-order valence-corrected chi connectivity index (χ4v) is 3.56. The Morgan fingerprint density at radius 1 is 1.18 bits per heavy atom. The molecule has 3 rings (SSSR count). The van der Waals surface area contributed by atoms with Crippen LogP contribution in [0.4, 0.5) is 0 Å². The Bertz CT molecular complexity index is 517. The van der Waals surface area contributed by atoms with Gasteiger partial charge in [0.05, 0.1) is 6.54 Å². The van der Waals surface area contributed by atoms with Gasteiger partial charge in [-0.1, -0.05) is 24.3 Å². The van der Waals surface area contributed by atoms with Crippen LogP contribution in [0, 0.1) is 0 Å². The lowest BCUT2D eigenvalue weighted by Gasteiger charge is -2.27. The topological polar surface area (TPSA) is 35.6 Å². The predicted molar refractivity (Wildman–Crippen MR) is 89.0 cm³/mol. The molecule has 2 aliphatic rings. The molecule has 1 saturated heterocycles. The van der Waals surface area contributed by atoms with Crippen molar-refractivity contribution >= 4 is 5.91 Å². The Labute approximate surface area is 133 Å². The van der Waals surface area contributed by atoms with Crippen LogP contribution in [0.15, 0.2) is 24.3 Å². The van der Waals surface area contributed by atoms with Gasteiger partial charge in [0.15, 0.2) is 0 Å². The number of carbonyl (C=O) groups excluding carboxylic acids is 1. The van der Waals surface area contributed by atoms with Gasteiger partial charge in [-0.25, -0.2) is 0 Å². The summed E-state index contributed by atoms with van der Waals surface area (Å²) in [6.07, 6.45) is 4.27. The predicted octanol–water partition coefficient (Wildman–Crippen LogP) is 1.30. The van der Waals surface area contributed by atoms with Gasteiger partial charge in [-0.05, 0) is 56.9 Å². The quantitative estimate of drug-likeness (QED) is 0.914. The summed E-state index contributed by atoms with van der Waals surface area (Å²) in [6.45, 7) is 4.77. The molecule has 0 saturated carbocycles. The zero-order chi connectivity index (χ0) is 15.4. The molecular formula is C18H27N3O. The van der Waals surface area contributed by atoms with E-state index in [1.165, 1.54) is 11.1 Å². The second kappa shape index (κ2) is 7.25. The van der Waals surface area contributed by atoms with Crippen LogP contribution in [-0.4, -0.2) is 61.5 Å². The van der Waals surface area contributed by atoms with Gasteiger partial charge < -0.3 is 10.2 Å². The molecule has 1 aliphatic carbocycles. The van der Waals surface area contributed by atoms with Crippen molar-refractivity contribution in [3.8, 4) is 0 Å². The smallest absolute Gasteiger partial charge is 0.234 e. The summed E-state index contributed by atoms with van der Waals surface area (Å²) < 4.78 is 0. The van der Waals surface area contributed by atoms with Crippen LogP contribution in [0.2, 0.25) is 0 Å². The van der Waals surface area contributed by atoms with Crippen molar-refractivity contribution in [2.75, 3.05) is 39.8 Å². The average Bonchev–Trinajstić information content (AvgIpc) is 2.72. The maximum Gasteiger partial charge on any atom is 0.234 e. The molecule has 1 N–H and O–H groups in total. The molecule has 0 spiro atoms. The molecule has 0 unspecified atom stereocenters. The summed E-state index contributed by atoms with van der Waals surface area (Å²) in [6, 6.07) is 8.90. The maximum atomic E-state index is 12.3. The van der Waals surface area contributed by atoms with Gasteiger partial charge >= 0.3 is 0 Å². The standard InChI is InChI=1S/C18H27N3O/c1-20-9-4-10-21(12-11-20)14-18(22)19-17-8-7-15-5-2-3-6-16(15)13-17/h2-3,5-6,17H,4,7-14H2,1H3,(H,19,22)/t17-/m1/s1. The van der Waals surface area contributed by atoms with Gasteiger partial charge in [0.25, 0.3) is 0 Å². The van der Waals surface area contributed by atoms with E-state index in [1.54, 1.807) is 0 Å². The fraction of sp³-hybridized carbons (Fsp3) is 0.611. The first-order valence-corrected chi connectivity index (χ1v) is 8.48. The number of nitrogens with zero attached hydrogens (tertiary/aromatic N) is 2. The van der Waals surface area contributed by atoms with Crippen LogP contribution in [0.3, 0.4) is 0 Å². The van der Waals surface area contributed by atoms with Gasteiger partial charge in [0.1, 0.15) is 0 Å². The number of hydrogen-bond donors (Lipinski definition) is 1. The van der Waals surface area contributed by atoms with Crippen molar-refractivity contribution in [2.24, 2.45) is 0 Å². The van der Waals surface area contributed by atoms with Crippen molar-refractivity contribution in [2.45, 2.75) is 31.7 Å². The minimum atomic E-state index is 0.189. The van der Waals surface area contributed by atoms with Gasteiger partial charge in [-0.15, -0.1) is 0 Å². The fourth-order valence-electron chi connectivity index (χ4n) is 3.56. The zero-order valence-electron chi connectivity index (χ0n) is 13.6. The summed E-state index contributed by atoms with van der Waals surface area (Å²) in [5.74, 6) is 0.189. The van der Waals surface area contributed by atoms with Crippen LogP contribution in [0.5, 0.6) is 0 Å². The molecule has 4 nitrogen and oxygen atoms in total. The molecular weight excluding hydrogens is 274 g/mol. The molecule has 0 aromatic heterocycles. The number of carbonyl (C=O) groups is 1. The van der Waals surface area contributed by atoms with Crippen molar-refractivity contribution in [1.29, 1.82) is 0 Å². The summed E-state index contributed by atoms with van der Waals surface area (Å²) in [4.78, 5) is 16.9. The highest BCUT2D eigenvalue weighted by molar-refractivity contribution is 5.78. The monoisotopic (exact) mass is 301 g/mol. The Morgan fingerprint density at radius 2 is 2.00 bits per heavy atom. The van der Waals surface area contributed by atoms with Crippen LogP contribution < -0.4 is 5.32 Å². The average molecular weight is 301 g/mol. The molecule has 1 aliphatic heterocycles. The van der Waals surface area contributed by atoms with Gasteiger partial charge in [-0.2, -0.15) is 0 Å². The number of likely N-dealkylation sites (N-methyl/N-ethyl adjacent to an activating group) is 1. The zero-order valence-corrected chi connectivity index (χ0v) is 13.6. The third-order valence-corrected chi connectivity index (χ3v) is 4.89. The van der Waals surface area contributed by atoms with E-state index in [1.807, 2.05) is 0 Å². The Kier molecular flexibility index (Phi) is 5.11. The van der Waals surface area contributed by atoms with E-state index in [0.717, 1.165) is 51.9 Å². The number of rotatable bonds is 3. The minimum Gasteiger partial charge on any atom is -0.352 e. The molecule has 1 fully saturated rings. The van der Waals surface area contributed by atoms with Crippen molar-refractivity contribution in [1.82, 2.24) is 15.1 Å². The van der Waals surface area contributed by atoms with E-state index >= 15 is 0 Å². The van der Waals surface area contributed by atoms with Crippen LogP contribution in [0.25, 0.3) is 0 Å². The normalized spacial score (nSPS) is 23.6. The number of hydrogen-bond acceptors (Lipinski definition) is 3. The number of amides is 1. The molecule has 4 heteroatoms. The Morgan fingerprint density at radius 3 is 2.86 bits per heavy atom.